The molecule has 1 rings (SSSR count). The van der Waals surface area contributed by atoms with Crippen LogP contribution in [0, 0.1) is 5.82 Å². The number of hydrogen-bond donors (Lipinski definition) is 1. The fourth-order valence-electron chi connectivity index (χ4n) is 1.32. The lowest BCUT2D eigenvalue weighted by Crippen LogP contribution is -2.17. The van der Waals surface area contributed by atoms with Gasteiger partial charge < -0.3 is 5.32 Å². The summed E-state index contributed by atoms with van der Waals surface area (Å²) in [5.74, 6) is 0.409. The SMILES string of the molecule is CC(=NC(C)(C)C)Nc1ccc(Br)cc1F. The highest BCUT2D eigenvalue weighted by Crippen LogP contribution is 2.19. The zero-order chi connectivity index (χ0) is 12.3. The van der Waals surface area contributed by atoms with Crippen molar-refractivity contribution in [1.29, 1.82) is 0 Å². The van der Waals surface area contributed by atoms with Gasteiger partial charge in [0.05, 0.1) is 17.1 Å². The van der Waals surface area contributed by atoms with Crippen molar-refractivity contribution >= 4 is 27.5 Å². The van der Waals surface area contributed by atoms with E-state index >= 15 is 0 Å². The average Bonchev–Trinajstić information content (AvgIpc) is 2.06. The van der Waals surface area contributed by atoms with Crippen molar-refractivity contribution in [3.05, 3.63) is 28.5 Å². The molecule has 1 aromatic carbocycles. The first-order valence-electron chi connectivity index (χ1n) is 5.06. The lowest BCUT2D eigenvalue weighted by atomic mass is 10.1. The minimum atomic E-state index is -0.294. The van der Waals surface area contributed by atoms with E-state index < -0.39 is 0 Å². The smallest absolute Gasteiger partial charge is 0.147 e. The Labute approximate surface area is 104 Å². The zero-order valence-corrected chi connectivity index (χ0v) is 11.5. The molecule has 0 saturated heterocycles. The maximum atomic E-state index is 13.5. The van der Waals surface area contributed by atoms with Crippen LogP contribution in [0.4, 0.5) is 10.1 Å². The second-order valence-corrected chi connectivity index (χ2v) is 5.53. The molecule has 2 nitrogen and oxygen atoms in total. The van der Waals surface area contributed by atoms with Gasteiger partial charge in [-0.15, -0.1) is 0 Å². The number of hydrogen-bond acceptors (Lipinski definition) is 1. The minimum absolute atomic E-state index is 0.164. The largest absolute Gasteiger partial charge is 0.342 e. The molecule has 0 saturated carbocycles. The number of amidine groups is 1. The van der Waals surface area contributed by atoms with Crippen LogP contribution in [0.3, 0.4) is 0 Å². The first kappa shape index (κ1) is 13.2. The number of nitrogens with one attached hydrogen (secondary N) is 1. The van der Waals surface area contributed by atoms with Gasteiger partial charge in [-0.05, 0) is 45.9 Å². The number of benzene rings is 1. The Hall–Kier alpha value is -0.900. The van der Waals surface area contributed by atoms with Crippen LogP contribution in [0.5, 0.6) is 0 Å². The molecular weight excluding hydrogens is 271 g/mol. The van der Waals surface area contributed by atoms with Crippen LogP contribution in [0.15, 0.2) is 27.7 Å². The van der Waals surface area contributed by atoms with Gasteiger partial charge in [0.2, 0.25) is 0 Å². The van der Waals surface area contributed by atoms with Crippen LogP contribution in [0.1, 0.15) is 27.7 Å². The van der Waals surface area contributed by atoms with Gasteiger partial charge in [0.25, 0.3) is 0 Å². The summed E-state index contributed by atoms with van der Waals surface area (Å²) in [6.45, 7) is 7.81. The summed E-state index contributed by atoms with van der Waals surface area (Å²) in [5, 5.41) is 2.95. The number of anilines is 1. The van der Waals surface area contributed by atoms with E-state index in [1.54, 1.807) is 12.1 Å². The molecule has 0 aliphatic carbocycles. The fourth-order valence-corrected chi connectivity index (χ4v) is 1.65. The Balaban J connectivity index is 2.85. The maximum absolute atomic E-state index is 13.5. The molecule has 0 aromatic heterocycles. The van der Waals surface area contributed by atoms with Gasteiger partial charge in [-0.25, -0.2) is 4.39 Å². The Morgan fingerprint density at radius 3 is 2.50 bits per heavy atom. The number of halogens is 2. The Kier molecular flexibility index (Phi) is 4.08. The summed E-state index contributed by atoms with van der Waals surface area (Å²) in [5.41, 5.74) is 0.275. The molecule has 0 amide bonds. The molecule has 1 aromatic rings. The normalized spacial score (nSPS) is 12.8. The molecule has 0 unspecified atom stereocenters. The van der Waals surface area contributed by atoms with Crippen LogP contribution < -0.4 is 5.32 Å². The second kappa shape index (κ2) is 4.95. The zero-order valence-electron chi connectivity index (χ0n) is 9.94. The van der Waals surface area contributed by atoms with E-state index in [0.29, 0.717) is 11.5 Å². The molecule has 0 fully saturated rings. The molecule has 0 bridgehead atoms. The Morgan fingerprint density at radius 2 is 2.00 bits per heavy atom. The molecule has 0 radical (unpaired) electrons. The minimum Gasteiger partial charge on any atom is -0.342 e. The van der Waals surface area contributed by atoms with Crippen LogP contribution in [0.2, 0.25) is 0 Å². The van der Waals surface area contributed by atoms with Crippen molar-refractivity contribution in [3.8, 4) is 0 Å². The quantitative estimate of drug-likeness (QED) is 0.607. The lowest BCUT2D eigenvalue weighted by Gasteiger charge is -2.15. The van der Waals surface area contributed by atoms with Crippen LogP contribution in [0.25, 0.3) is 0 Å². The highest BCUT2D eigenvalue weighted by atomic mass is 79.9. The maximum Gasteiger partial charge on any atom is 0.147 e. The predicted molar refractivity (Wildman–Crippen MR) is 70.6 cm³/mol. The molecular formula is C12H16BrFN2. The van der Waals surface area contributed by atoms with Crippen molar-refractivity contribution in [2.75, 3.05) is 5.32 Å². The van der Waals surface area contributed by atoms with Crippen LogP contribution in [-0.2, 0) is 0 Å². The summed E-state index contributed by atoms with van der Waals surface area (Å²) >= 11 is 3.21. The highest BCUT2D eigenvalue weighted by Gasteiger charge is 2.09. The summed E-state index contributed by atoms with van der Waals surface area (Å²) in [6, 6.07) is 4.89. The van der Waals surface area contributed by atoms with Gasteiger partial charge in [0, 0.05) is 4.47 Å². The number of nitrogens with zero attached hydrogens (tertiary/aromatic N) is 1. The molecule has 4 heteroatoms. The monoisotopic (exact) mass is 286 g/mol. The standard InChI is InChI=1S/C12H16BrFN2/c1-8(16-12(2,3)4)15-11-6-5-9(13)7-10(11)14/h5-7H,1-4H3,(H,15,16). The van der Waals surface area contributed by atoms with E-state index in [4.69, 9.17) is 0 Å². The van der Waals surface area contributed by atoms with Gasteiger partial charge in [-0.2, -0.15) is 0 Å². The molecule has 0 spiro atoms. The Bertz CT molecular complexity index is 408. The van der Waals surface area contributed by atoms with Crippen molar-refractivity contribution < 1.29 is 4.39 Å². The first-order chi connectivity index (χ1) is 7.28. The van der Waals surface area contributed by atoms with Gasteiger partial charge in [0.15, 0.2) is 0 Å². The van der Waals surface area contributed by atoms with Crippen molar-refractivity contribution in [2.45, 2.75) is 33.2 Å². The van der Waals surface area contributed by atoms with E-state index in [9.17, 15) is 4.39 Å². The highest BCUT2D eigenvalue weighted by molar-refractivity contribution is 9.10. The molecule has 0 atom stereocenters. The van der Waals surface area contributed by atoms with E-state index in [2.05, 4.69) is 26.2 Å². The molecule has 0 aliphatic rings. The Morgan fingerprint density at radius 1 is 1.38 bits per heavy atom. The van der Waals surface area contributed by atoms with Crippen molar-refractivity contribution in [1.82, 2.24) is 0 Å². The van der Waals surface area contributed by atoms with Gasteiger partial charge >= 0.3 is 0 Å². The number of rotatable bonds is 1. The summed E-state index contributed by atoms with van der Waals surface area (Å²) in [6.07, 6.45) is 0. The molecule has 16 heavy (non-hydrogen) atoms. The molecule has 0 heterocycles. The third-order valence-corrected chi connectivity index (χ3v) is 2.24. The van der Waals surface area contributed by atoms with Crippen molar-refractivity contribution in [3.63, 3.8) is 0 Å². The predicted octanol–water partition coefficient (Wildman–Crippen LogP) is 4.22. The first-order valence-corrected chi connectivity index (χ1v) is 5.86. The topological polar surface area (TPSA) is 24.4 Å². The van der Waals surface area contributed by atoms with Gasteiger partial charge in [-0.3, -0.25) is 4.99 Å². The van der Waals surface area contributed by atoms with E-state index in [1.165, 1.54) is 6.07 Å². The fraction of sp³-hybridized carbons (Fsp3) is 0.417. The van der Waals surface area contributed by atoms with Crippen molar-refractivity contribution in [2.24, 2.45) is 4.99 Å². The molecule has 88 valence electrons. The second-order valence-electron chi connectivity index (χ2n) is 4.62. The van der Waals surface area contributed by atoms with Gasteiger partial charge in [0.1, 0.15) is 5.82 Å². The van der Waals surface area contributed by atoms with Gasteiger partial charge in [-0.1, -0.05) is 15.9 Å². The third-order valence-electron chi connectivity index (χ3n) is 1.75. The average molecular weight is 287 g/mol. The third kappa shape index (κ3) is 4.31. The lowest BCUT2D eigenvalue weighted by molar-refractivity contribution is 0.583. The molecule has 0 aliphatic heterocycles. The van der Waals surface area contributed by atoms with E-state index in [1.807, 2.05) is 27.7 Å². The summed E-state index contributed by atoms with van der Waals surface area (Å²) < 4.78 is 14.2. The summed E-state index contributed by atoms with van der Waals surface area (Å²) in [7, 11) is 0. The summed E-state index contributed by atoms with van der Waals surface area (Å²) in [4.78, 5) is 4.40. The number of aliphatic imine (C=N–C) groups is 1. The van der Waals surface area contributed by atoms with Crippen LogP contribution in [-0.4, -0.2) is 11.4 Å². The molecule has 1 N–H and O–H groups in total. The van der Waals surface area contributed by atoms with E-state index in [-0.39, 0.29) is 11.4 Å². The van der Waals surface area contributed by atoms with E-state index in [0.717, 1.165) is 4.47 Å². The van der Waals surface area contributed by atoms with Crippen LogP contribution >= 0.6 is 15.9 Å².